The van der Waals surface area contributed by atoms with Crippen molar-refractivity contribution >= 4 is 10.0 Å². The van der Waals surface area contributed by atoms with Crippen molar-refractivity contribution in [3.05, 3.63) is 0 Å². The van der Waals surface area contributed by atoms with Crippen molar-refractivity contribution in [2.45, 2.75) is 44.9 Å². The van der Waals surface area contributed by atoms with Crippen LogP contribution in [0.4, 0.5) is 0 Å². The van der Waals surface area contributed by atoms with E-state index in [-0.39, 0.29) is 5.75 Å². The lowest BCUT2D eigenvalue weighted by molar-refractivity contribution is 0.422. The number of sulfonamides is 1. The summed E-state index contributed by atoms with van der Waals surface area (Å²) in [4.78, 5) is 0. The molecule has 5 heteroatoms. The zero-order valence-corrected chi connectivity index (χ0v) is 10.5. The molecule has 0 radical (unpaired) electrons. The molecule has 1 heterocycles. The number of nitrogens with zero attached hydrogens (tertiary/aromatic N) is 2. The lowest BCUT2D eigenvalue weighted by Crippen LogP contribution is -2.33. The molecule has 1 fully saturated rings. The van der Waals surface area contributed by atoms with Crippen molar-refractivity contribution < 1.29 is 8.42 Å². The number of hydrogen-bond acceptors (Lipinski definition) is 3. The van der Waals surface area contributed by atoms with Crippen LogP contribution in [0.2, 0.25) is 0 Å². The van der Waals surface area contributed by atoms with Gasteiger partial charge in [-0.3, -0.25) is 0 Å². The van der Waals surface area contributed by atoms with Gasteiger partial charge in [0.1, 0.15) is 0 Å². The van der Waals surface area contributed by atoms with Crippen molar-refractivity contribution in [3.8, 4) is 6.07 Å². The van der Waals surface area contributed by atoms with Crippen LogP contribution >= 0.6 is 0 Å². The highest BCUT2D eigenvalue weighted by atomic mass is 32.2. The first kappa shape index (κ1) is 13.5. The number of hydrogen-bond donors (Lipinski definition) is 0. The van der Waals surface area contributed by atoms with Gasteiger partial charge in [0.05, 0.1) is 11.8 Å². The number of nitriles is 1. The number of unbranched alkanes of at least 4 members (excludes halogenated alkanes) is 2. The minimum Gasteiger partial charge on any atom is -0.212 e. The summed E-state index contributed by atoms with van der Waals surface area (Å²) in [5, 5.41) is 8.37. The minimum atomic E-state index is -3.06. The van der Waals surface area contributed by atoms with E-state index in [9.17, 15) is 8.42 Å². The van der Waals surface area contributed by atoms with Crippen LogP contribution in [0.25, 0.3) is 0 Å². The zero-order valence-electron chi connectivity index (χ0n) is 9.69. The maximum Gasteiger partial charge on any atom is 0.214 e. The van der Waals surface area contributed by atoms with Crippen LogP contribution in [-0.2, 0) is 10.0 Å². The van der Waals surface area contributed by atoms with Gasteiger partial charge in [-0.15, -0.1) is 0 Å². The summed E-state index contributed by atoms with van der Waals surface area (Å²) in [5.41, 5.74) is 0. The van der Waals surface area contributed by atoms with Gasteiger partial charge in [-0.05, 0) is 25.7 Å². The van der Waals surface area contributed by atoms with Crippen LogP contribution in [-0.4, -0.2) is 31.6 Å². The van der Waals surface area contributed by atoms with Crippen molar-refractivity contribution in [1.29, 1.82) is 5.26 Å². The SMILES string of the molecule is N#CCCCCS(=O)(=O)N1CCCCCC1. The molecular formula is C11H20N2O2S. The molecule has 4 nitrogen and oxygen atoms in total. The van der Waals surface area contributed by atoms with Crippen molar-refractivity contribution in [1.82, 2.24) is 4.31 Å². The molecule has 0 bridgehead atoms. The second kappa shape index (κ2) is 6.87. The summed E-state index contributed by atoms with van der Waals surface area (Å²) in [6.45, 7) is 1.36. The van der Waals surface area contributed by atoms with E-state index in [4.69, 9.17) is 5.26 Å². The molecule has 0 aliphatic carbocycles. The quantitative estimate of drug-likeness (QED) is 0.694. The largest absolute Gasteiger partial charge is 0.214 e. The van der Waals surface area contributed by atoms with Crippen LogP contribution < -0.4 is 0 Å². The average molecular weight is 244 g/mol. The molecule has 0 atom stereocenters. The Morgan fingerprint density at radius 1 is 1.06 bits per heavy atom. The summed E-state index contributed by atoms with van der Waals surface area (Å²) in [7, 11) is -3.06. The average Bonchev–Trinajstić information content (AvgIpc) is 2.53. The molecule has 1 saturated heterocycles. The van der Waals surface area contributed by atoms with E-state index in [1.165, 1.54) is 0 Å². The van der Waals surface area contributed by atoms with E-state index >= 15 is 0 Å². The first-order valence-corrected chi connectivity index (χ1v) is 7.62. The Kier molecular flexibility index (Phi) is 5.78. The third kappa shape index (κ3) is 4.50. The Morgan fingerprint density at radius 3 is 2.25 bits per heavy atom. The van der Waals surface area contributed by atoms with E-state index in [0.29, 0.717) is 32.4 Å². The summed E-state index contributed by atoms with van der Waals surface area (Å²) >= 11 is 0. The van der Waals surface area contributed by atoms with Crippen molar-refractivity contribution in [2.24, 2.45) is 0 Å². The summed E-state index contributed by atoms with van der Waals surface area (Å²) in [5.74, 6) is 0.203. The molecule has 1 aliphatic rings. The molecule has 92 valence electrons. The van der Waals surface area contributed by atoms with E-state index in [1.54, 1.807) is 4.31 Å². The van der Waals surface area contributed by atoms with Crippen molar-refractivity contribution in [2.75, 3.05) is 18.8 Å². The molecule has 1 rings (SSSR count). The molecule has 1 aliphatic heterocycles. The van der Waals surface area contributed by atoms with Gasteiger partial charge in [0.25, 0.3) is 0 Å². The fourth-order valence-corrected chi connectivity index (χ4v) is 3.58. The smallest absolute Gasteiger partial charge is 0.212 e. The minimum absolute atomic E-state index is 0.203. The molecule has 0 saturated carbocycles. The maximum atomic E-state index is 11.9. The highest BCUT2D eigenvalue weighted by Crippen LogP contribution is 2.14. The zero-order chi connectivity index (χ0) is 11.9. The second-order valence-corrected chi connectivity index (χ2v) is 6.33. The molecule has 0 amide bonds. The highest BCUT2D eigenvalue weighted by molar-refractivity contribution is 7.89. The van der Waals surface area contributed by atoms with Gasteiger partial charge in [-0.2, -0.15) is 5.26 Å². The monoisotopic (exact) mass is 244 g/mol. The van der Waals surface area contributed by atoms with Gasteiger partial charge in [0.15, 0.2) is 0 Å². The first-order chi connectivity index (χ1) is 7.67. The first-order valence-electron chi connectivity index (χ1n) is 6.01. The molecule has 0 aromatic heterocycles. The molecule has 0 aromatic carbocycles. The van der Waals surface area contributed by atoms with E-state index in [2.05, 4.69) is 0 Å². The van der Waals surface area contributed by atoms with Crippen LogP contribution in [0.1, 0.15) is 44.9 Å². The molecule has 16 heavy (non-hydrogen) atoms. The Bertz CT molecular complexity index is 324. The summed E-state index contributed by atoms with van der Waals surface area (Å²) in [6, 6.07) is 2.04. The van der Waals surface area contributed by atoms with E-state index < -0.39 is 10.0 Å². The fourth-order valence-electron chi connectivity index (χ4n) is 1.94. The highest BCUT2D eigenvalue weighted by Gasteiger charge is 2.21. The standard InChI is InChI=1S/C11H20N2O2S/c12-8-4-3-7-11-16(14,15)13-9-5-1-2-6-10-13/h1-7,9-11H2. The number of rotatable bonds is 5. The van der Waals surface area contributed by atoms with Gasteiger partial charge >= 0.3 is 0 Å². The molecule has 0 aromatic rings. The van der Waals surface area contributed by atoms with E-state index in [1.807, 2.05) is 6.07 Å². The van der Waals surface area contributed by atoms with Crippen molar-refractivity contribution in [3.63, 3.8) is 0 Å². The van der Waals surface area contributed by atoms with Gasteiger partial charge in [-0.1, -0.05) is 12.8 Å². The Labute approximate surface area is 98.3 Å². The predicted molar refractivity (Wildman–Crippen MR) is 63.3 cm³/mol. The summed E-state index contributed by atoms with van der Waals surface area (Å²) in [6.07, 6.45) is 5.99. The van der Waals surface area contributed by atoms with Crippen LogP contribution in [0.5, 0.6) is 0 Å². The van der Waals surface area contributed by atoms with Gasteiger partial charge in [0, 0.05) is 19.5 Å². The predicted octanol–water partition coefficient (Wildman–Crippen LogP) is 1.89. The van der Waals surface area contributed by atoms with E-state index in [0.717, 1.165) is 25.7 Å². The molecule has 0 spiro atoms. The van der Waals surface area contributed by atoms with Crippen LogP contribution in [0, 0.1) is 11.3 Å². The van der Waals surface area contributed by atoms with Gasteiger partial charge < -0.3 is 0 Å². The third-order valence-corrected chi connectivity index (χ3v) is 4.86. The lowest BCUT2D eigenvalue weighted by Gasteiger charge is -2.19. The topological polar surface area (TPSA) is 61.2 Å². The van der Waals surface area contributed by atoms with Gasteiger partial charge in [0.2, 0.25) is 10.0 Å². The second-order valence-electron chi connectivity index (χ2n) is 4.24. The Morgan fingerprint density at radius 2 is 1.69 bits per heavy atom. The normalized spacial score (nSPS) is 18.9. The maximum absolute atomic E-state index is 11.9. The fraction of sp³-hybridized carbons (Fsp3) is 0.909. The molecule has 0 unspecified atom stereocenters. The van der Waals surface area contributed by atoms with Crippen LogP contribution in [0.3, 0.4) is 0 Å². The Hall–Kier alpha value is -0.600. The summed E-state index contributed by atoms with van der Waals surface area (Å²) < 4.78 is 25.5. The molecular weight excluding hydrogens is 224 g/mol. The third-order valence-electron chi connectivity index (χ3n) is 2.90. The Balaban J connectivity index is 2.39. The van der Waals surface area contributed by atoms with Crippen LogP contribution in [0.15, 0.2) is 0 Å². The molecule has 0 N–H and O–H groups in total. The lowest BCUT2D eigenvalue weighted by atomic mass is 10.2. The van der Waals surface area contributed by atoms with Gasteiger partial charge in [-0.25, -0.2) is 12.7 Å².